The highest BCUT2D eigenvalue weighted by Crippen LogP contribution is 2.43. The maximum absolute atomic E-state index is 6.11. The Morgan fingerprint density at radius 3 is 2.87 bits per heavy atom. The zero-order chi connectivity index (χ0) is 10.3. The van der Waals surface area contributed by atoms with Crippen molar-refractivity contribution in [3.8, 4) is 5.75 Å². The smallest absolute Gasteiger partial charge is 0.144 e. The fraction of sp³-hybridized carbons (Fsp3) is 0.500. The summed E-state index contributed by atoms with van der Waals surface area (Å²) < 4.78 is 6.11. The van der Waals surface area contributed by atoms with Crippen molar-refractivity contribution in [2.24, 2.45) is 0 Å². The van der Waals surface area contributed by atoms with E-state index >= 15 is 0 Å². The molecule has 1 aromatic carbocycles. The summed E-state index contributed by atoms with van der Waals surface area (Å²) in [5, 5.41) is 4.16. The van der Waals surface area contributed by atoms with Gasteiger partial charge in [-0.25, -0.2) is 0 Å². The van der Waals surface area contributed by atoms with Crippen LogP contribution in [0.3, 0.4) is 0 Å². The number of halogens is 1. The number of anilines is 1. The Balaban J connectivity index is 1.96. The van der Waals surface area contributed by atoms with Crippen molar-refractivity contribution in [3.63, 3.8) is 0 Å². The number of benzene rings is 1. The summed E-state index contributed by atoms with van der Waals surface area (Å²) in [7, 11) is 0. The molecule has 1 saturated carbocycles. The van der Waals surface area contributed by atoms with Crippen LogP contribution < -0.4 is 10.1 Å². The van der Waals surface area contributed by atoms with Crippen molar-refractivity contribution in [3.05, 3.63) is 23.2 Å². The average Bonchev–Trinajstić information content (AvgIpc) is 2.66. The molecule has 1 aromatic rings. The minimum absolute atomic E-state index is 0.0394. The molecule has 0 atom stereocenters. The maximum atomic E-state index is 6.11. The van der Waals surface area contributed by atoms with Crippen LogP contribution in [0, 0.1) is 0 Å². The van der Waals surface area contributed by atoms with Gasteiger partial charge in [0.1, 0.15) is 11.4 Å². The Hall–Kier alpha value is -0.890. The van der Waals surface area contributed by atoms with E-state index in [1.165, 1.54) is 12.8 Å². The molecule has 1 spiro atoms. The molecule has 3 heteroatoms. The van der Waals surface area contributed by atoms with Crippen molar-refractivity contribution in [2.75, 3.05) is 11.9 Å². The van der Waals surface area contributed by atoms with E-state index in [9.17, 15) is 0 Å². The minimum Gasteiger partial charge on any atom is -0.483 e. The summed E-state index contributed by atoms with van der Waals surface area (Å²) in [5.41, 5.74) is 0.995. The standard InChI is InChI=1S/C12H14ClNO/c13-9-4-3-5-10-11(9)14-8-12(15-10)6-1-2-7-12/h3-5,14H,1-2,6-8H2. The third-order valence-corrected chi connectivity index (χ3v) is 3.72. The first-order valence-corrected chi connectivity index (χ1v) is 5.88. The molecule has 0 radical (unpaired) electrons. The maximum Gasteiger partial charge on any atom is 0.144 e. The lowest BCUT2D eigenvalue weighted by Gasteiger charge is -2.36. The number of nitrogens with one attached hydrogen (secondary N) is 1. The third-order valence-electron chi connectivity index (χ3n) is 3.40. The predicted molar refractivity (Wildman–Crippen MR) is 61.8 cm³/mol. The van der Waals surface area contributed by atoms with E-state index in [-0.39, 0.29) is 5.60 Å². The summed E-state index contributed by atoms with van der Waals surface area (Å²) in [5.74, 6) is 0.913. The lowest BCUT2D eigenvalue weighted by atomic mass is 10.00. The van der Waals surface area contributed by atoms with Gasteiger partial charge in [-0.05, 0) is 37.8 Å². The van der Waals surface area contributed by atoms with Crippen molar-refractivity contribution >= 4 is 17.3 Å². The zero-order valence-corrected chi connectivity index (χ0v) is 9.31. The number of hydrogen-bond donors (Lipinski definition) is 1. The van der Waals surface area contributed by atoms with Crippen molar-refractivity contribution in [1.82, 2.24) is 0 Å². The fourth-order valence-corrected chi connectivity index (χ4v) is 2.81. The Morgan fingerprint density at radius 1 is 1.27 bits per heavy atom. The van der Waals surface area contributed by atoms with Crippen LogP contribution in [-0.2, 0) is 0 Å². The minimum atomic E-state index is 0.0394. The molecule has 0 amide bonds. The van der Waals surface area contributed by atoms with Gasteiger partial charge in [0.25, 0.3) is 0 Å². The zero-order valence-electron chi connectivity index (χ0n) is 8.55. The number of fused-ring (bicyclic) bond motifs is 1. The SMILES string of the molecule is Clc1cccc2c1NCC1(CCCC1)O2. The van der Waals surface area contributed by atoms with E-state index in [4.69, 9.17) is 16.3 Å². The molecule has 1 aliphatic heterocycles. The lowest BCUT2D eigenvalue weighted by Crippen LogP contribution is -2.43. The normalized spacial score (nSPS) is 21.9. The molecule has 3 rings (SSSR count). The molecule has 0 saturated heterocycles. The second-order valence-electron chi connectivity index (χ2n) is 4.46. The Kier molecular flexibility index (Phi) is 2.06. The number of rotatable bonds is 0. The van der Waals surface area contributed by atoms with Crippen LogP contribution in [-0.4, -0.2) is 12.1 Å². The van der Waals surface area contributed by atoms with Gasteiger partial charge in [0.15, 0.2) is 0 Å². The molecule has 80 valence electrons. The van der Waals surface area contributed by atoms with Crippen LogP contribution in [0.15, 0.2) is 18.2 Å². The summed E-state index contributed by atoms with van der Waals surface area (Å²) in [4.78, 5) is 0. The highest BCUT2D eigenvalue weighted by molar-refractivity contribution is 6.33. The van der Waals surface area contributed by atoms with Crippen LogP contribution in [0.4, 0.5) is 5.69 Å². The lowest BCUT2D eigenvalue weighted by molar-refractivity contribution is 0.0830. The summed E-state index contributed by atoms with van der Waals surface area (Å²) in [6.07, 6.45) is 4.87. The molecule has 2 aliphatic rings. The molecule has 15 heavy (non-hydrogen) atoms. The second-order valence-corrected chi connectivity index (χ2v) is 4.87. The quantitative estimate of drug-likeness (QED) is 0.728. The molecule has 0 bridgehead atoms. The van der Waals surface area contributed by atoms with Crippen molar-refractivity contribution in [1.29, 1.82) is 0 Å². The number of hydrogen-bond acceptors (Lipinski definition) is 2. The highest BCUT2D eigenvalue weighted by Gasteiger charge is 2.39. The molecule has 0 aromatic heterocycles. The molecular formula is C12H14ClNO. The van der Waals surface area contributed by atoms with Crippen LogP contribution in [0.25, 0.3) is 0 Å². The first kappa shape index (κ1) is 9.34. The van der Waals surface area contributed by atoms with Gasteiger partial charge in [0.05, 0.1) is 17.3 Å². The first-order chi connectivity index (χ1) is 7.29. The van der Waals surface area contributed by atoms with Gasteiger partial charge in [-0.2, -0.15) is 0 Å². The molecule has 0 unspecified atom stereocenters. The Morgan fingerprint density at radius 2 is 2.07 bits per heavy atom. The summed E-state index contributed by atoms with van der Waals surface area (Å²) in [6.45, 7) is 0.893. The van der Waals surface area contributed by atoms with Gasteiger partial charge in [0.2, 0.25) is 0 Å². The Bertz CT molecular complexity index is 385. The van der Waals surface area contributed by atoms with Crippen LogP contribution in [0.1, 0.15) is 25.7 Å². The van der Waals surface area contributed by atoms with E-state index in [1.54, 1.807) is 0 Å². The fourth-order valence-electron chi connectivity index (χ4n) is 2.58. The first-order valence-electron chi connectivity index (χ1n) is 5.51. The molecular weight excluding hydrogens is 210 g/mol. The molecule has 1 heterocycles. The Labute approximate surface area is 94.6 Å². The van der Waals surface area contributed by atoms with Gasteiger partial charge in [-0.3, -0.25) is 0 Å². The van der Waals surface area contributed by atoms with E-state index in [2.05, 4.69) is 5.32 Å². The van der Waals surface area contributed by atoms with E-state index in [1.807, 2.05) is 18.2 Å². The van der Waals surface area contributed by atoms with Crippen molar-refractivity contribution in [2.45, 2.75) is 31.3 Å². The third kappa shape index (κ3) is 1.48. The molecule has 1 N–H and O–H groups in total. The van der Waals surface area contributed by atoms with E-state index in [0.29, 0.717) is 0 Å². The van der Waals surface area contributed by atoms with Crippen LogP contribution in [0.2, 0.25) is 5.02 Å². The van der Waals surface area contributed by atoms with E-state index in [0.717, 1.165) is 35.8 Å². The van der Waals surface area contributed by atoms with Crippen LogP contribution in [0.5, 0.6) is 5.75 Å². The molecule has 2 nitrogen and oxygen atoms in total. The largest absolute Gasteiger partial charge is 0.483 e. The van der Waals surface area contributed by atoms with Crippen LogP contribution >= 0.6 is 11.6 Å². The van der Waals surface area contributed by atoms with Gasteiger partial charge in [-0.1, -0.05) is 17.7 Å². The van der Waals surface area contributed by atoms with Crippen molar-refractivity contribution < 1.29 is 4.74 Å². The van der Waals surface area contributed by atoms with E-state index < -0.39 is 0 Å². The average molecular weight is 224 g/mol. The number of ether oxygens (including phenoxy) is 1. The van der Waals surface area contributed by atoms with Gasteiger partial charge in [0, 0.05) is 0 Å². The molecule has 1 fully saturated rings. The topological polar surface area (TPSA) is 21.3 Å². The van der Waals surface area contributed by atoms with Gasteiger partial charge >= 0.3 is 0 Å². The number of para-hydroxylation sites is 1. The van der Waals surface area contributed by atoms with Gasteiger partial charge < -0.3 is 10.1 Å². The van der Waals surface area contributed by atoms with Gasteiger partial charge in [-0.15, -0.1) is 0 Å². The summed E-state index contributed by atoms with van der Waals surface area (Å²) >= 11 is 6.09. The molecule has 1 aliphatic carbocycles. The predicted octanol–water partition coefficient (Wildman–Crippen LogP) is 3.46. The monoisotopic (exact) mass is 223 g/mol. The highest BCUT2D eigenvalue weighted by atomic mass is 35.5. The second kappa shape index (κ2) is 3.31. The summed E-state index contributed by atoms with van der Waals surface area (Å²) in [6, 6.07) is 5.83.